The molecule has 0 radical (unpaired) electrons. The summed E-state index contributed by atoms with van der Waals surface area (Å²) in [5, 5.41) is 3.08. The molecule has 0 saturated carbocycles. The van der Waals surface area contributed by atoms with Gasteiger partial charge in [0.25, 0.3) is 5.91 Å². The van der Waals surface area contributed by atoms with E-state index in [0.29, 0.717) is 24.3 Å². The van der Waals surface area contributed by atoms with E-state index >= 15 is 0 Å². The number of aryl methyl sites for hydroxylation is 1. The second-order valence-electron chi connectivity index (χ2n) is 11.2. The molecule has 210 valence electrons. The van der Waals surface area contributed by atoms with Crippen molar-refractivity contribution in [2.75, 3.05) is 25.5 Å². The molecule has 3 aromatic carbocycles. The van der Waals surface area contributed by atoms with E-state index in [4.69, 9.17) is 4.74 Å². The largest absolute Gasteiger partial charge is 0.490 e. The Balaban J connectivity index is 1.32. The molecule has 1 saturated heterocycles. The van der Waals surface area contributed by atoms with Crippen LogP contribution >= 0.6 is 0 Å². The number of amides is 2. The van der Waals surface area contributed by atoms with Gasteiger partial charge in [-0.15, -0.1) is 0 Å². The minimum atomic E-state index is -0.606. The molecule has 6 heteroatoms. The Morgan fingerprint density at radius 3 is 2.42 bits per heavy atom. The number of hydrogen-bond donors (Lipinski definition) is 1. The molecule has 0 bridgehead atoms. The quantitative estimate of drug-likeness (QED) is 0.334. The van der Waals surface area contributed by atoms with Crippen LogP contribution in [0.15, 0.2) is 72.8 Å². The van der Waals surface area contributed by atoms with E-state index in [2.05, 4.69) is 42.4 Å². The van der Waals surface area contributed by atoms with E-state index in [1.165, 1.54) is 24.8 Å². The third-order valence-electron chi connectivity index (χ3n) is 8.15. The van der Waals surface area contributed by atoms with Gasteiger partial charge in [0.15, 0.2) is 0 Å². The Morgan fingerprint density at radius 2 is 1.68 bits per heavy atom. The van der Waals surface area contributed by atoms with Crippen molar-refractivity contribution in [3.8, 4) is 5.75 Å². The number of anilines is 1. The zero-order chi connectivity index (χ0) is 27.9. The van der Waals surface area contributed by atoms with Gasteiger partial charge in [0, 0.05) is 37.3 Å². The van der Waals surface area contributed by atoms with E-state index < -0.39 is 6.04 Å². The average molecular weight is 540 g/mol. The molecular formula is C34H41N3O3. The highest BCUT2D eigenvalue weighted by molar-refractivity contribution is 6.01. The van der Waals surface area contributed by atoms with Gasteiger partial charge in [0.05, 0.1) is 0 Å². The SMILES string of the molecule is CCCCCc1ccc(NC(=O)[C@@H]2Cc3ccccc3CN2C(=O)c2cccc(OC3CCN(C)CC3)c2)cc1. The fourth-order valence-corrected chi connectivity index (χ4v) is 5.69. The van der Waals surface area contributed by atoms with Crippen molar-refractivity contribution >= 4 is 17.5 Å². The molecule has 0 spiro atoms. The van der Waals surface area contributed by atoms with E-state index in [-0.39, 0.29) is 17.9 Å². The number of rotatable bonds is 9. The number of likely N-dealkylation sites (tertiary alicyclic amines) is 1. The zero-order valence-electron chi connectivity index (χ0n) is 23.8. The summed E-state index contributed by atoms with van der Waals surface area (Å²) in [4.78, 5) is 31.6. The minimum Gasteiger partial charge on any atom is -0.490 e. The first-order chi connectivity index (χ1) is 19.5. The molecule has 2 aliphatic rings. The lowest BCUT2D eigenvalue weighted by molar-refractivity contribution is -0.121. The number of carbonyl (C=O) groups is 2. The van der Waals surface area contributed by atoms with Crippen molar-refractivity contribution in [1.29, 1.82) is 0 Å². The lowest BCUT2D eigenvalue weighted by Crippen LogP contribution is -2.50. The summed E-state index contributed by atoms with van der Waals surface area (Å²) in [5.41, 5.74) is 4.76. The maximum Gasteiger partial charge on any atom is 0.254 e. The summed E-state index contributed by atoms with van der Waals surface area (Å²) < 4.78 is 6.26. The molecule has 2 amide bonds. The third-order valence-corrected chi connectivity index (χ3v) is 8.15. The second-order valence-corrected chi connectivity index (χ2v) is 11.2. The zero-order valence-corrected chi connectivity index (χ0v) is 23.8. The summed E-state index contributed by atoms with van der Waals surface area (Å²) in [7, 11) is 2.13. The van der Waals surface area contributed by atoms with Crippen LogP contribution in [-0.2, 0) is 24.2 Å². The summed E-state index contributed by atoms with van der Waals surface area (Å²) >= 11 is 0. The summed E-state index contributed by atoms with van der Waals surface area (Å²) in [6.45, 7) is 4.62. The molecule has 2 heterocycles. The van der Waals surface area contributed by atoms with Crippen LogP contribution in [0.25, 0.3) is 0 Å². The van der Waals surface area contributed by atoms with Crippen LogP contribution in [0.5, 0.6) is 5.75 Å². The van der Waals surface area contributed by atoms with Crippen molar-refractivity contribution in [2.24, 2.45) is 0 Å². The standard InChI is InChI=1S/C34H41N3O3/c1-3-4-5-9-25-14-16-29(17-15-25)35-33(38)32-23-26-10-6-7-11-28(26)24-37(32)34(39)27-12-8-13-31(22-27)40-30-18-20-36(2)21-19-30/h6-8,10-17,22,30,32H,3-5,9,18-21,23-24H2,1-2H3,(H,35,38)/t32-/m0/s1. The predicted octanol–water partition coefficient (Wildman–Crippen LogP) is 6.10. The fourth-order valence-electron chi connectivity index (χ4n) is 5.69. The lowest BCUT2D eigenvalue weighted by Gasteiger charge is -2.36. The first-order valence-corrected chi connectivity index (χ1v) is 14.7. The molecule has 0 unspecified atom stereocenters. The van der Waals surface area contributed by atoms with Crippen molar-refractivity contribution in [1.82, 2.24) is 9.80 Å². The molecule has 0 aromatic heterocycles. The number of nitrogens with zero attached hydrogens (tertiary/aromatic N) is 2. The van der Waals surface area contributed by atoms with E-state index in [0.717, 1.165) is 49.2 Å². The van der Waals surface area contributed by atoms with E-state index in [1.807, 2.05) is 54.6 Å². The number of carbonyl (C=O) groups excluding carboxylic acids is 2. The van der Waals surface area contributed by atoms with Crippen LogP contribution in [0.3, 0.4) is 0 Å². The minimum absolute atomic E-state index is 0.153. The number of piperidine rings is 1. The van der Waals surface area contributed by atoms with Gasteiger partial charge in [-0.3, -0.25) is 9.59 Å². The van der Waals surface area contributed by atoms with Gasteiger partial charge in [0.2, 0.25) is 5.91 Å². The maximum absolute atomic E-state index is 13.9. The molecule has 2 aliphatic heterocycles. The summed E-state index contributed by atoms with van der Waals surface area (Å²) in [6, 6.07) is 23.0. The summed E-state index contributed by atoms with van der Waals surface area (Å²) in [6.07, 6.45) is 7.21. The molecule has 6 nitrogen and oxygen atoms in total. The van der Waals surface area contributed by atoms with Gasteiger partial charge in [-0.05, 0) is 79.8 Å². The van der Waals surface area contributed by atoms with Crippen molar-refractivity contribution < 1.29 is 14.3 Å². The topological polar surface area (TPSA) is 61.9 Å². The monoisotopic (exact) mass is 539 g/mol. The number of fused-ring (bicyclic) bond motifs is 1. The number of benzene rings is 3. The molecule has 0 aliphatic carbocycles. The van der Waals surface area contributed by atoms with Crippen LogP contribution in [-0.4, -0.2) is 53.9 Å². The highest BCUT2D eigenvalue weighted by Gasteiger charge is 2.35. The first kappa shape index (κ1) is 27.9. The lowest BCUT2D eigenvalue weighted by atomic mass is 9.92. The van der Waals surface area contributed by atoms with Gasteiger partial charge < -0.3 is 19.9 Å². The van der Waals surface area contributed by atoms with Gasteiger partial charge in [0.1, 0.15) is 17.9 Å². The third kappa shape index (κ3) is 6.92. The molecule has 5 rings (SSSR count). The van der Waals surface area contributed by atoms with Crippen LogP contribution < -0.4 is 10.1 Å². The van der Waals surface area contributed by atoms with Crippen molar-refractivity contribution in [3.63, 3.8) is 0 Å². The Bertz CT molecular complexity index is 1300. The average Bonchev–Trinajstić information content (AvgIpc) is 2.98. The number of hydrogen-bond acceptors (Lipinski definition) is 4. The molecule has 1 atom stereocenters. The number of unbranched alkanes of at least 4 members (excludes halogenated alkanes) is 2. The predicted molar refractivity (Wildman–Crippen MR) is 160 cm³/mol. The maximum atomic E-state index is 13.9. The molecule has 3 aromatic rings. The van der Waals surface area contributed by atoms with Crippen LogP contribution in [0.4, 0.5) is 5.69 Å². The van der Waals surface area contributed by atoms with Gasteiger partial charge in [-0.25, -0.2) is 0 Å². The smallest absolute Gasteiger partial charge is 0.254 e. The number of nitrogens with one attached hydrogen (secondary N) is 1. The van der Waals surface area contributed by atoms with Crippen molar-refractivity contribution in [3.05, 3.63) is 95.1 Å². The van der Waals surface area contributed by atoms with E-state index in [9.17, 15) is 9.59 Å². The Labute approximate surface area is 238 Å². The van der Waals surface area contributed by atoms with Gasteiger partial charge in [-0.1, -0.05) is 62.2 Å². The highest BCUT2D eigenvalue weighted by atomic mass is 16.5. The first-order valence-electron chi connectivity index (χ1n) is 14.7. The van der Waals surface area contributed by atoms with Crippen molar-refractivity contribution in [2.45, 2.75) is 70.6 Å². The Hall–Kier alpha value is -3.64. The fraction of sp³-hybridized carbons (Fsp3) is 0.412. The second kappa shape index (κ2) is 13.1. The molecule has 1 fully saturated rings. The molecule has 1 N–H and O–H groups in total. The highest BCUT2D eigenvalue weighted by Crippen LogP contribution is 2.28. The molecule has 40 heavy (non-hydrogen) atoms. The normalized spacial score (nSPS) is 17.8. The number of ether oxygens (including phenoxy) is 1. The van der Waals surface area contributed by atoms with Crippen LogP contribution in [0.2, 0.25) is 0 Å². The molecular weight excluding hydrogens is 498 g/mol. The summed E-state index contributed by atoms with van der Waals surface area (Å²) in [5.74, 6) is 0.382. The van der Waals surface area contributed by atoms with Crippen LogP contribution in [0.1, 0.15) is 66.1 Å². The van der Waals surface area contributed by atoms with E-state index in [1.54, 1.807) is 4.90 Å². The Morgan fingerprint density at radius 1 is 0.925 bits per heavy atom. The van der Waals surface area contributed by atoms with Crippen LogP contribution in [0, 0.1) is 0 Å². The van der Waals surface area contributed by atoms with Gasteiger partial charge in [-0.2, -0.15) is 0 Å². The van der Waals surface area contributed by atoms with Gasteiger partial charge >= 0.3 is 0 Å². The Kier molecular flexibility index (Phi) is 9.17.